The summed E-state index contributed by atoms with van der Waals surface area (Å²) in [6.07, 6.45) is 11.7. The quantitative estimate of drug-likeness (QED) is 0.434. The van der Waals surface area contributed by atoms with E-state index >= 15 is 0 Å². The molecular weight excluding hydrogens is 288 g/mol. The van der Waals surface area contributed by atoms with E-state index in [-0.39, 0.29) is 11.4 Å². The van der Waals surface area contributed by atoms with Gasteiger partial charge in [0.1, 0.15) is 0 Å². The van der Waals surface area contributed by atoms with Gasteiger partial charge in [-0.2, -0.15) is 0 Å². The first-order valence-electron chi connectivity index (χ1n) is 9.08. The van der Waals surface area contributed by atoms with Gasteiger partial charge >= 0.3 is 0 Å². The summed E-state index contributed by atoms with van der Waals surface area (Å²) in [5.41, 5.74) is 3.08. The van der Waals surface area contributed by atoms with Crippen LogP contribution >= 0.6 is 0 Å². The van der Waals surface area contributed by atoms with Gasteiger partial charge in [0, 0.05) is 6.42 Å². The van der Waals surface area contributed by atoms with Gasteiger partial charge in [0.25, 0.3) is 0 Å². The Morgan fingerprint density at radius 2 is 1.52 bits per heavy atom. The molecule has 0 aromatic rings. The number of hydrogen-bond acceptors (Lipinski definition) is 3. The van der Waals surface area contributed by atoms with Crippen LogP contribution in [0.4, 0.5) is 0 Å². The lowest BCUT2D eigenvalue weighted by atomic mass is 10.0. The average Bonchev–Trinajstić information content (AvgIpc) is 2.86. The predicted octanol–water partition coefficient (Wildman–Crippen LogP) is 5.16. The summed E-state index contributed by atoms with van der Waals surface area (Å²) in [4.78, 5) is 0. The predicted molar refractivity (Wildman–Crippen MR) is 94.5 cm³/mol. The Morgan fingerprint density at radius 3 is 2.13 bits per heavy atom. The summed E-state index contributed by atoms with van der Waals surface area (Å²) < 4.78 is 16.9. The van der Waals surface area contributed by atoms with Gasteiger partial charge in [-0.3, -0.25) is 0 Å². The van der Waals surface area contributed by atoms with Gasteiger partial charge in [0.2, 0.25) is 0 Å². The second-order valence-electron chi connectivity index (χ2n) is 7.76. The van der Waals surface area contributed by atoms with Crippen molar-refractivity contribution in [3.63, 3.8) is 0 Å². The summed E-state index contributed by atoms with van der Waals surface area (Å²) in [6.45, 7) is 12.3. The second-order valence-corrected chi connectivity index (χ2v) is 7.76. The smallest absolute Gasteiger partial charge is 0.166 e. The molecule has 1 atom stereocenters. The molecule has 0 N–H and O–H groups in total. The molecule has 3 nitrogen and oxygen atoms in total. The average molecular weight is 322 g/mol. The van der Waals surface area contributed by atoms with Crippen molar-refractivity contribution in [1.82, 2.24) is 0 Å². The molecule has 1 unspecified atom stereocenters. The Bertz CT molecular complexity index is 442. The highest BCUT2D eigenvalue weighted by Crippen LogP contribution is 2.38. The van der Waals surface area contributed by atoms with Crippen LogP contribution in [-0.4, -0.2) is 30.7 Å². The molecule has 0 aliphatic carbocycles. The third-order valence-corrected chi connectivity index (χ3v) is 4.99. The molecule has 0 aromatic heterocycles. The van der Waals surface area contributed by atoms with Gasteiger partial charge in [0.15, 0.2) is 5.79 Å². The zero-order valence-electron chi connectivity index (χ0n) is 15.6. The molecule has 2 aliphatic rings. The lowest BCUT2D eigenvalue weighted by molar-refractivity contribution is -0.145. The summed E-state index contributed by atoms with van der Waals surface area (Å²) in [5.74, 6) is -0.355. The van der Waals surface area contributed by atoms with Crippen molar-refractivity contribution in [3.8, 4) is 0 Å². The molecule has 3 heteroatoms. The molecular formula is C20H34O3. The van der Waals surface area contributed by atoms with E-state index in [1.54, 1.807) is 0 Å². The van der Waals surface area contributed by atoms with Gasteiger partial charge in [-0.1, -0.05) is 23.3 Å². The number of hydrogen-bond donors (Lipinski definition) is 0. The summed E-state index contributed by atoms with van der Waals surface area (Å²) in [7, 11) is 0. The van der Waals surface area contributed by atoms with Crippen LogP contribution < -0.4 is 0 Å². The Labute approximate surface area is 142 Å². The fourth-order valence-corrected chi connectivity index (χ4v) is 3.13. The molecule has 0 saturated carbocycles. The molecule has 2 aliphatic heterocycles. The number of rotatable bonds is 9. The molecule has 0 bridgehead atoms. The third kappa shape index (κ3) is 6.40. The Hall–Kier alpha value is -0.640. The standard InChI is InChI=1S/C20H34O3/c1-16(10-7-13-20(5)21-14-15-22-20)8-6-9-17(2)11-12-18-19(3,4)23-18/h9-10,18H,6-8,11-15H2,1-5H3. The van der Waals surface area contributed by atoms with Gasteiger partial charge in [-0.25, -0.2) is 0 Å². The highest BCUT2D eigenvalue weighted by Gasteiger charge is 2.46. The summed E-state index contributed by atoms with van der Waals surface area (Å²) >= 11 is 0. The van der Waals surface area contributed by atoms with E-state index in [9.17, 15) is 0 Å². The van der Waals surface area contributed by atoms with Gasteiger partial charge < -0.3 is 14.2 Å². The van der Waals surface area contributed by atoms with E-state index in [1.807, 2.05) is 6.92 Å². The lowest BCUT2D eigenvalue weighted by Gasteiger charge is -2.21. The first-order chi connectivity index (χ1) is 10.8. The molecule has 23 heavy (non-hydrogen) atoms. The fraction of sp³-hybridized carbons (Fsp3) is 0.800. The summed E-state index contributed by atoms with van der Waals surface area (Å²) in [5, 5.41) is 0. The monoisotopic (exact) mass is 322 g/mol. The minimum absolute atomic E-state index is 0.128. The zero-order valence-corrected chi connectivity index (χ0v) is 15.6. The molecule has 2 fully saturated rings. The number of allylic oxidation sites excluding steroid dienone is 4. The van der Waals surface area contributed by atoms with Crippen LogP contribution in [0.15, 0.2) is 23.3 Å². The van der Waals surface area contributed by atoms with Gasteiger partial charge in [0.05, 0.1) is 24.9 Å². The maximum atomic E-state index is 5.64. The van der Waals surface area contributed by atoms with Crippen molar-refractivity contribution in [3.05, 3.63) is 23.3 Å². The maximum absolute atomic E-state index is 5.64. The molecule has 0 radical (unpaired) electrons. The van der Waals surface area contributed by atoms with Crippen LogP contribution in [0.3, 0.4) is 0 Å². The van der Waals surface area contributed by atoms with E-state index in [1.165, 1.54) is 11.1 Å². The lowest BCUT2D eigenvalue weighted by Crippen LogP contribution is -2.24. The highest BCUT2D eigenvalue weighted by molar-refractivity contribution is 5.05. The van der Waals surface area contributed by atoms with Crippen molar-refractivity contribution < 1.29 is 14.2 Å². The summed E-state index contributed by atoms with van der Waals surface area (Å²) in [6, 6.07) is 0. The Balaban J connectivity index is 1.58. The first-order valence-corrected chi connectivity index (χ1v) is 9.08. The van der Waals surface area contributed by atoms with Crippen molar-refractivity contribution in [2.24, 2.45) is 0 Å². The van der Waals surface area contributed by atoms with Crippen LogP contribution in [0.2, 0.25) is 0 Å². The van der Waals surface area contributed by atoms with Crippen LogP contribution in [0.1, 0.15) is 73.1 Å². The fourth-order valence-electron chi connectivity index (χ4n) is 3.13. The van der Waals surface area contributed by atoms with Crippen molar-refractivity contribution >= 4 is 0 Å². The van der Waals surface area contributed by atoms with Crippen LogP contribution in [-0.2, 0) is 14.2 Å². The van der Waals surface area contributed by atoms with E-state index in [0.717, 1.165) is 51.7 Å². The van der Waals surface area contributed by atoms with Gasteiger partial charge in [-0.05, 0) is 66.7 Å². The zero-order chi connectivity index (χ0) is 16.9. The third-order valence-electron chi connectivity index (χ3n) is 4.99. The molecule has 2 saturated heterocycles. The topological polar surface area (TPSA) is 31.0 Å². The normalized spacial score (nSPS) is 26.6. The minimum Gasteiger partial charge on any atom is -0.367 e. The molecule has 2 rings (SSSR count). The molecule has 0 aromatic carbocycles. The SMILES string of the molecule is CC(=CCCC1(C)OCCO1)CCC=C(C)CCC1OC1(C)C. The highest BCUT2D eigenvalue weighted by atomic mass is 16.7. The van der Waals surface area contributed by atoms with E-state index in [2.05, 4.69) is 39.8 Å². The minimum atomic E-state index is -0.355. The van der Waals surface area contributed by atoms with E-state index < -0.39 is 0 Å². The maximum Gasteiger partial charge on any atom is 0.166 e. The van der Waals surface area contributed by atoms with Crippen molar-refractivity contribution in [2.45, 2.75) is 90.6 Å². The molecule has 132 valence electrons. The Kier molecular flexibility index (Phi) is 6.47. The van der Waals surface area contributed by atoms with Crippen molar-refractivity contribution in [1.29, 1.82) is 0 Å². The van der Waals surface area contributed by atoms with Crippen LogP contribution in [0, 0.1) is 0 Å². The van der Waals surface area contributed by atoms with Crippen LogP contribution in [0.5, 0.6) is 0 Å². The van der Waals surface area contributed by atoms with Crippen molar-refractivity contribution in [2.75, 3.05) is 13.2 Å². The molecule has 2 heterocycles. The number of epoxide rings is 1. The van der Waals surface area contributed by atoms with E-state index in [0.29, 0.717) is 6.10 Å². The number of ether oxygens (including phenoxy) is 3. The first kappa shape index (κ1) is 18.7. The van der Waals surface area contributed by atoms with E-state index in [4.69, 9.17) is 14.2 Å². The Morgan fingerprint density at radius 1 is 0.957 bits per heavy atom. The van der Waals surface area contributed by atoms with Crippen LogP contribution in [0.25, 0.3) is 0 Å². The van der Waals surface area contributed by atoms with Gasteiger partial charge in [-0.15, -0.1) is 0 Å². The molecule has 0 spiro atoms. The largest absolute Gasteiger partial charge is 0.367 e. The molecule has 0 amide bonds. The second kappa shape index (κ2) is 7.96.